The van der Waals surface area contributed by atoms with Gasteiger partial charge in [-0.15, -0.1) is 0 Å². The summed E-state index contributed by atoms with van der Waals surface area (Å²) in [5.41, 5.74) is -0.155. The zero-order valence-corrected chi connectivity index (χ0v) is 10.6. The number of halogens is 1. The van der Waals surface area contributed by atoms with Crippen molar-refractivity contribution in [3.05, 3.63) is 34.9 Å². The highest BCUT2D eigenvalue weighted by atomic mass is 35.5. The van der Waals surface area contributed by atoms with Crippen LogP contribution in [0.1, 0.15) is 25.3 Å². The SMILES string of the molecule is CC(C(=O)O)(c1ccc(Cl)cc1)N1CCCC1. The van der Waals surface area contributed by atoms with E-state index in [1.54, 1.807) is 31.2 Å². The summed E-state index contributed by atoms with van der Waals surface area (Å²) in [6.07, 6.45) is 2.13. The van der Waals surface area contributed by atoms with Crippen LogP contribution >= 0.6 is 11.6 Å². The van der Waals surface area contributed by atoms with Gasteiger partial charge in [0.15, 0.2) is 0 Å². The molecule has 1 N–H and O–H groups in total. The number of carbonyl (C=O) groups is 1. The lowest BCUT2D eigenvalue weighted by Crippen LogP contribution is -2.48. The number of carboxylic acid groups (broad SMARTS) is 1. The van der Waals surface area contributed by atoms with Crippen LogP contribution in [-0.4, -0.2) is 29.1 Å². The first-order chi connectivity index (χ1) is 8.05. The van der Waals surface area contributed by atoms with E-state index in [0.717, 1.165) is 31.5 Å². The fourth-order valence-corrected chi connectivity index (χ4v) is 2.51. The van der Waals surface area contributed by atoms with E-state index in [1.165, 1.54) is 0 Å². The molecule has 1 saturated heterocycles. The molecule has 4 heteroatoms. The second-order valence-electron chi connectivity index (χ2n) is 4.58. The second-order valence-corrected chi connectivity index (χ2v) is 5.01. The molecular formula is C13H16ClNO2. The molecule has 0 aliphatic carbocycles. The Morgan fingerprint density at radius 3 is 2.29 bits per heavy atom. The van der Waals surface area contributed by atoms with E-state index in [-0.39, 0.29) is 0 Å². The Bertz CT molecular complexity index is 412. The summed E-state index contributed by atoms with van der Waals surface area (Å²) in [5.74, 6) is -0.804. The lowest BCUT2D eigenvalue weighted by atomic mass is 9.90. The first kappa shape index (κ1) is 12.4. The molecule has 0 bridgehead atoms. The van der Waals surface area contributed by atoms with Gasteiger partial charge in [0.25, 0.3) is 0 Å². The first-order valence-electron chi connectivity index (χ1n) is 5.79. The maximum atomic E-state index is 11.6. The van der Waals surface area contributed by atoms with Gasteiger partial charge in [0.2, 0.25) is 0 Å². The average Bonchev–Trinajstić information content (AvgIpc) is 2.82. The third kappa shape index (κ3) is 2.17. The number of hydrogen-bond acceptors (Lipinski definition) is 2. The molecule has 17 heavy (non-hydrogen) atoms. The molecule has 0 aromatic heterocycles. The van der Waals surface area contributed by atoms with Gasteiger partial charge in [0.1, 0.15) is 5.54 Å². The van der Waals surface area contributed by atoms with Gasteiger partial charge in [-0.05, 0) is 50.6 Å². The Labute approximate surface area is 106 Å². The molecule has 0 amide bonds. The number of aliphatic carboxylic acids is 1. The third-order valence-corrected chi connectivity index (χ3v) is 3.81. The van der Waals surface area contributed by atoms with E-state index in [1.807, 2.05) is 4.90 Å². The Morgan fingerprint density at radius 1 is 1.29 bits per heavy atom. The summed E-state index contributed by atoms with van der Waals surface area (Å²) in [5, 5.41) is 10.2. The van der Waals surface area contributed by atoms with Gasteiger partial charge >= 0.3 is 5.97 Å². The summed E-state index contributed by atoms with van der Waals surface area (Å²) in [6.45, 7) is 3.45. The number of carboxylic acids is 1. The highest BCUT2D eigenvalue weighted by Crippen LogP contribution is 2.32. The molecule has 1 aromatic carbocycles. The fraction of sp³-hybridized carbons (Fsp3) is 0.462. The molecule has 1 aliphatic heterocycles. The van der Waals surface area contributed by atoms with Crippen molar-refractivity contribution in [2.45, 2.75) is 25.3 Å². The van der Waals surface area contributed by atoms with Gasteiger partial charge < -0.3 is 5.11 Å². The largest absolute Gasteiger partial charge is 0.480 e. The molecule has 0 spiro atoms. The monoisotopic (exact) mass is 253 g/mol. The molecule has 1 heterocycles. The fourth-order valence-electron chi connectivity index (χ4n) is 2.38. The van der Waals surface area contributed by atoms with Crippen molar-refractivity contribution in [1.82, 2.24) is 4.90 Å². The van der Waals surface area contributed by atoms with Gasteiger partial charge in [0.05, 0.1) is 0 Å². The summed E-state index contributed by atoms with van der Waals surface area (Å²) in [4.78, 5) is 13.6. The topological polar surface area (TPSA) is 40.5 Å². The molecule has 1 atom stereocenters. The quantitative estimate of drug-likeness (QED) is 0.901. The normalized spacial score (nSPS) is 20.1. The number of rotatable bonds is 3. The van der Waals surface area contributed by atoms with E-state index < -0.39 is 11.5 Å². The molecule has 2 rings (SSSR count). The van der Waals surface area contributed by atoms with Crippen molar-refractivity contribution in [2.24, 2.45) is 0 Å². The molecule has 1 aliphatic rings. The van der Waals surface area contributed by atoms with Crippen LogP contribution in [0.3, 0.4) is 0 Å². The summed E-state index contributed by atoms with van der Waals surface area (Å²) in [6, 6.07) is 7.09. The summed E-state index contributed by atoms with van der Waals surface area (Å²) < 4.78 is 0. The van der Waals surface area contributed by atoms with Crippen molar-refractivity contribution in [3.63, 3.8) is 0 Å². The minimum absolute atomic E-state index is 0.628. The predicted octanol–water partition coefficient (Wildman–Crippen LogP) is 2.74. The van der Waals surface area contributed by atoms with Crippen molar-refractivity contribution in [3.8, 4) is 0 Å². The Balaban J connectivity index is 2.39. The Morgan fingerprint density at radius 2 is 1.82 bits per heavy atom. The van der Waals surface area contributed by atoms with Crippen LogP contribution in [0.25, 0.3) is 0 Å². The van der Waals surface area contributed by atoms with Crippen molar-refractivity contribution in [2.75, 3.05) is 13.1 Å². The summed E-state index contributed by atoms with van der Waals surface area (Å²) >= 11 is 5.84. The summed E-state index contributed by atoms with van der Waals surface area (Å²) in [7, 11) is 0. The zero-order chi connectivity index (χ0) is 12.5. The lowest BCUT2D eigenvalue weighted by molar-refractivity contribution is -0.150. The molecular weight excluding hydrogens is 238 g/mol. The molecule has 1 aromatic rings. The molecule has 1 unspecified atom stereocenters. The van der Waals surface area contributed by atoms with Crippen LogP contribution in [-0.2, 0) is 10.3 Å². The maximum Gasteiger partial charge on any atom is 0.328 e. The molecule has 0 saturated carbocycles. The second kappa shape index (κ2) is 4.67. The minimum Gasteiger partial charge on any atom is -0.480 e. The maximum absolute atomic E-state index is 11.6. The lowest BCUT2D eigenvalue weighted by Gasteiger charge is -2.35. The Hall–Kier alpha value is -1.06. The molecule has 1 fully saturated rings. The molecule has 3 nitrogen and oxygen atoms in total. The van der Waals surface area contributed by atoms with Crippen molar-refractivity contribution in [1.29, 1.82) is 0 Å². The predicted molar refractivity (Wildman–Crippen MR) is 67.2 cm³/mol. The smallest absolute Gasteiger partial charge is 0.328 e. The average molecular weight is 254 g/mol. The van der Waals surface area contributed by atoms with Crippen LogP contribution in [0.5, 0.6) is 0 Å². The number of nitrogens with zero attached hydrogens (tertiary/aromatic N) is 1. The van der Waals surface area contributed by atoms with E-state index in [9.17, 15) is 9.90 Å². The van der Waals surface area contributed by atoms with E-state index in [2.05, 4.69) is 0 Å². The number of benzene rings is 1. The molecule has 0 radical (unpaired) electrons. The number of likely N-dealkylation sites (tertiary alicyclic amines) is 1. The van der Waals surface area contributed by atoms with Crippen LogP contribution in [0.4, 0.5) is 0 Å². The minimum atomic E-state index is -0.943. The van der Waals surface area contributed by atoms with Gasteiger partial charge in [-0.1, -0.05) is 23.7 Å². The van der Waals surface area contributed by atoms with Crippen LogP contribution < -0.4 is 0 Å². The van der Waals surface area contributed by atoms with Gasteiger partial charge in [-0.25, -0.2) is 4.79 Å². The third-order valence-electron chi connectivity index (χ3n) is 3.56. The van der Waals surface area contributed by atoms with Crippen molar-refractivity contribution < 1.29 is 9.90 Å². The first-order valence-corrected chi connectivity index (χ1v) is 6.17. The highest BCUT2D eigenvalue weighted by Gasteiger charge is 2.42. The van der Waals surface area contributed by atoms with Crippen LogP contribution in [0, 0.1) is 0 Å². The standard InChI is InChI=1S/C13H16ClNO2/c1-13(12(16)17,15-8-2-3-9-15)10-4-6-11(14)7-5-10/h4-7H,2-3,8-9H2,1H3,(H,16,17). The zero-order valence-electron chi connectivity index (χ0n) is 9.82. The van der Waals surface area contributed by atoms with Gasteiger partial charge in [0, 0.05) is 5.02 Å². The van der Waals surface area contributed by atoms with E-state index in [4.69, 9.17) is 11.6 Å². The Kier molecular flexibility index (Phi) is 3.40. The van der Waals surface area contributed by atoms with Crippen LogP contribution in [0.15, 0.2) is 24.3 Å². The van der Waals surface area contributed by atoms with E-state index >= 15 is 0 Å². The van der Waals surface area contributed by atoms with E-state index in [0.29, 0.717) is 5.02 Å². The van der Waals surface area contributed by atoms with Crippen LogP contribution in [0.2, 0.25) is 5.02 Å². The van der Waals surface area contributed by atoms with Crippen molar-refractivity contribution >= 4 is 17.6 Å². The highest BCUT2D eigenvalue weighted by molar-refractivity contribution is 6.30. The molecule has 92 valence electrons. The number of hydrogen-bond donors (Lipinski definition) is 1. The van der Waals surface area contributed by atoms with Gasteiger partial charge in [-0.2, -0.15) is 0 Å². The van der Waals surface area contributed by atoms with Gasteiger partial charge in [-0.3, -0.25) is 4.90 Å².